The molecule has 80 heavy (non-hydrogen) atoms. The Hall–Kier alpha value is -4.45. The summed E-state index contributed by atoms with van der Waals surface area (Å²) in [4.78, 5) is 38.3. The average Bonchev–Trinajstić information content (AvgIpc) is 3.46. The molecule has 0 aromatic heterocycles. The minimum Gasteiger partial charge on any atom is -0.462 e. The van der Waals surface area contributed by atoms with Crippen LogP contribution in [0.5, 0.6) is 0 Å². The molecular weight excluding hydrogens is 985 g/mol. The van der Waals surface area contributed by atoms with Gasteiger partial charge in [0, 0.05) is 19.3 Å². The van der Waals surface area contributed by atoms with E-state index in [2.05, 4.69) is 154 Å². The van der Waals surface area contributed by atoms with E-state index in [0.717, 1.165) is 116 Å². The van der Waals surface area contributed by atoms with Gasteiger partial charge < -0.3 is 14.2 Å². The third kappa shape index (κ3) is 64.4. The van der Waals surface area contributed by atoms with E-state index in [-0.39, 0.29) is 31.1 Å². The molecule has 0 heterocycles. The normalized spacial score (nSPS) is 13.0. The van der Waals surface area contributed by atoms with Crippen molar-refractivity contribution in [2.45, 2.75) is 303 Å². The highest BCUT2D eigenvalue weighted by molar-refractivity contribution is 5.71. The average molecular weight is 1110 g/mol. The Balaban J connectivity index is 4.36. The van der Waals surface area contributed by atoms with Crippen molar-refractivity contribution in [3.05, 3.63) is 134 Å². The van der Waals surface area contributed by atoms with Crippen molar-refractivity contribution in [2.24, 2.45) is 0 Å². The van der Waals surface area contributed by atoms with E-state index in [4.69, 9.17) is 14.2 Å². The Morgan fingerprint density at radius 2 is 0.487 bits per heavy atom. The summed E-state index contributed by atoms with van der Waals surface area (Å²) in [7, 11) is 0. The van der Waals surface area contributed by atoms with Gasteiger partial charge in [0.05, 0.1) is 0 Å². The molecule has 454 valence electrons. The van der Waals surface area contributed by atoms with Crippen LogP contribution in [0.1, 0.15) is 297 Å². The molecule has 0 spiro atoms. The molecule has 0 aromatic rings. The van der Waals surface area contributed by atoms with Gasteiger partial charge in [0.1, 0.15) is 13.2 Å². The van der Waals surface area contributed by atoms with Crippen LogP contribution in [0, 0.1) is 0 Å². The highest BCUT2D eigenvalue weighted by Gasteiger charge is 2.19. The molecular formula is C74H122O6. The molecule has 0 N–H and O–H groups in total. The Bertz CT molecular complexity index is 1700. The third-order valence-electron chi connectivity index (χ3n) is 13.9. The van der Waals surface area contributed by atoms with Gasteiger partial charge in [0.2, 0.25) is 0 Å². The lowest BCUT2D eigenvalue weighted by molar-refractivity contribution is -0.167. The molecule has 0 amide bonds. The lowest BCUT2D eigenvalue weighted by atomic mass is 10.0. The highest BCUT2D eigenvalue weighted by atomic mass is 16.6. The van der Waals surface area contributed by atoms with Crippen molar-refractivity contribution in [1.82, 2.24) is 0 Å². The van der Waals surface area contributed by atoms with Crippen molar-refractivity contribution in [3.63, 3.8) is 0 Å². The predicted octanol–water partition coefficient (Wildman–Crippen LogP) is 22.9. The van der Waals surface area contributed by atoms with Crippen LogP contribution in [0.15, 0.2) is 134 Å². The first-order valence-electron chi connectivity index (χ1n) is 33.2. The van der Waals surface area contributed by atoms with Crippen molar-refractivity contribution in [1.29, 1.82) is 0 Å². The topological polar surface area (TPSA) is 78.9 Å². The summed E-state index contributed by atoms with van der Waals surface area (Å²) in [6, 6.07) is 0. The van der Waals surface area contributed by atoms with Crippen LogP contribution in [-0.2, 0) is 28.6 Å². The van der Waals surface area contributed by atoms with Crippen molar-refractivity contribution < 1.29 is 28.6 Å². The second-order valence-electron chi connectivity index (χ2n) is 21.6. The second kappa shape index (κ2) is 67.1. The molecule has 1 atom stereocenters. The summed E-state index contributed by atoms with van der Waals surface area (Å²) < 4.78 is 16.9. The maximum Gasteiger partial charge on any atom is 0.306 e. The van der Waals surface area contributed by atoms with E-state index in [1.165, 1.54) is 135 Å². The third-order valence-corrected chi connectivity index (χ3v) is 13.9. The molecule has 0 aliphatic rings. The van der Waals surface area contributed by atoms with Crippen molar-refractivity contribution in [3.8, 4) is 0 Å². The van der Waals surface area contributed by atoms with Gasteiger partial charge in [-0.15, -0.1) is 0 Å². The Labute approximate surface area is 494 Å². The monoisotopic (exact) mass is 1110 g/mol. The van der Waals surface area contributed by atoms with Gasteiger partial charge in [0.25, 0.3) is 0 Å². The second-order valence-corrected chi connectivity index (χ2v) is 21.6. The van der Waals surface area contributed by atoms with E-state index in [1.54, 1.807) is 0 Å². The summed E-state index contributed by atoms with van der Waals surface area (Å²) in [6.45, 7) is 6.47. The minimum atomic E-state index is -0.802. The van der Waals surface area contributed by atoms with Crippen molar-refractivity contribution in [2.75, 3.05) is 13.2 Å². The zero-order chi connectivity index (χ0) is 57.8. The first-order chi connectivity index (χ1) is 39.5. The molecule has 0 rings (SSSR count). The summed E-state index contributed by atoms with van der Waals surface area (Å²) in [5, 5.41) is 0. The first-order valence-corrected chi connectivity index (χ1v) is 33.2. The molecule has 0 aromatic carbocycles. The maximum atomic E-state index is 12.9. The smallest absolute Gasteiger partial charge is 0.306 e. The predicted molar refractivity (Wildman–Crippen MR) is 348 cm³/mol. The SMILES string of the molecule is CC/C=C\C/C=C\C/C=C\C/C=C\C/C=C\C/C=C\C/C=C\C/C=C\CCCCC(=O)OCC(COC(=O)CCCCCCCCCCCC)OC(=O)CCCCCCCCCCCC/C=C\C/C=C\C/C=C\CCCCCCC. The molecule has 0 aliphatic carbocycles. The van der Waals surface area contributed by atoms with E-state index in [1.807, 2.05) is 0 Å². The lowest BCUT2D eigenvalue weighted by Gasteiger charge is -2.18. The van der Waals surface area contributed by atoms with Crippen LogP contribution in [0.2, 0.25) is 0 Å². The Kier molecular flexibility index (Phi) is 63.3. The first kappa shape index (κ1) is 75.5. The van der Waals surface area contributed by atoms with Gasteiger partial charge in [-0.25, -0.2) is 0 Å². The fraction of sp³-hybridized carbons (Fsp3) is 0.662. The van der Waals surface area contributed by atoms with Crippen LogP contribution in [0.4, 0.5) is 0 Å². The molecule has 1 unspecified atom stereocenters. The van der Waals surface area contributed by atoms with Gasteiger partial charge >= 0.3 is 17.9 Å². The number of allylic oxidation sites excluding steroid dienone is 22. The number of esters is 3. The quantitative estimate of drug-likeness (QED) is 0.0261. The van der Waals surface area contributed by atoms with Crippen LogP contribution >= 0.6 is 0 Å². The number of carbonyl (C=O) groups excluding carboxylic acids is 3. The molecule has 0 fully saturated rings. The van der Waals surface area contributed by atoms with Crippen molar-refractivity contribution >= 4 is 17.9 Å². The van der Waals surface area contributed by atoms with Crippen LogP contribution in [0.25, 0.3) is 0 Å². The molecule has 6 heteroatoms. The summed E-state index contributed by atoms with van der Waals surface area (Å²) in [6.07, 6.45) is 94.7. The van der Waals surface area contributed by atoms with Gasteiger partial charge in [-0.3, -0.25) is 14.4 Å². The number of ether oxygens (including phenoxy) is 3. The number of rotatable bonds is 59. The number of hydrogen-bond acceptors (Lipinski definition) is 6. The highest BCUT2D eigenvalue weighted by Crippen LogP contribution is 2.15. The molecule has 0 saturated carbocycles. The Morgan fingerprint density at radius 3 is 0.787 bits per heavy atom. The standard InChI is InChI=1S/C74H122O6/c1-4-7-10-13-16-19-22-24-26-28-30-32-34-36-37-39-40-42-44-46-48-50-52-55-58-61-64-67-73(76)79-70-71(69-78-72(75)66-63-60-57-54-21-18-15-12-9-6-3)80-74(77)68-65-62-59-56-53-51-49-47-45-43-41-38-35-33-31-29-27-25-23-20-17-14-11-8-5-2/h7,10,16,19,23-26,29-32,35-38,40,42,46,48,52,55,71H,4-6,8-9,11-15,17-18,20-22,27-28,33-34,39,41,43-45,47,49-51,53-54,56-70H2,1-3H3/b10-7-,19-16-,25-23-,26-24-,31-29-,32-30-,37-36-,38-35-,42-40-,48-46-,55-52-. The molecule has 0 aliphatic heterocycles. The summed E-state index contributed by atoms with van der Waals surface area (Å²) in [5.74, 6) is -0.943. The van der Waals surface area contributed by atoms with E-state index >= 15 is 0 Å². The molecule has 0 saturated heterocycles. The fourth-order valence-electron chi connectivity index (χ4n) is 8.94. The Morgan fingerprint density at radius 1 is 0.263 bits per heavy atom. The van der Waals surface area contributed by atoms with E-state index in [0.29, 0.717) is 25.7 Å². The van der Waals surface area contributed by atoms with E-state index in [9.17, 15) is 14.4 Å². The van der Waals surface area contributed by atoms with Crippen LogP contribution in [-0.4, -0.2) is 37.2 Å². The maximum absolute atomic E-state index is 12.9. The largest absolute Gasteiger partial charge is 0.462 e. The molecule has 6 nitrogen and oxygen atoms in total. The zero-order valence-electron chi connectivity index (χ0n) is 52.0. The van der Waals surface area contributed by atoms with E-state index < -0.39 is 6.10 Å². The van der Waals surface area contributed by atoms with Crippen LogP contribution in [0.3, 0.4) is 0 Å². The number of unbranched alkanes of at least 4 members (excludes halogenated alkanes) is 26. The molecule has 0 bridgehead atoms. The minimum absolute atomic E-state index is 0.0950. The van der Waals surface area contributed by atoms with Gasteiger partial charge in [-0.1, -0.05) is 289 Å². The lowest BCUT2D eigenvalue weighted by Crippen LogP contribution is -2.30. The number of hydrogen-bond donors (Lipinski definition) is 0. The number of carbonyl (C=O) groups is 3. The fourth-order valence-corrected chi connectivity index (χ4v) is 8.94. The summed E-state index contributed by atoms with van der Waals surface area (Å²) in [5.41, 5.74) is 0. The zero-order valence-corrected chi connectivity index (χ0v) is 52.0. The van der Waals surface area contributed by atoms with Gasteiger partial charge in [-0.05, 0) is 122 Å². The molecule has 0 radical (unpaired) electrons. The van der Waals surface area contributed by atoms with Gasteiger partial charge in [0.15, 0.2) is 6.10 Å². The van der Waals surface area contributed by atoms with Crippen LogP contribution < -0.4 is 0 Å². The van der Waals surface area contributed by atoms with Gasteiger partial charge in [-0.2, -0.15) is 0 Å². The summed E-state index contributed by atoms with van der Waals surface area (Å²) >= 11 is 0.